The number of benzene rings is 6. The van der Waals surface area contributed by atoms with Crippen LogP contribution < -0.4 is 9.47 Å². The summed E-state index contributed by atoms with van der Waals surface area (Å²) in [5.74, 6) is 1.74. The predicted octanol–water partition coefficient (Wildman–Crippen LogP) is 11.1. The van der Waals surface area contributed by atoms with E-state index in [0.29, 0.717) is 0 Å². The fraction of sp³-hybridized carbons (Fsp3) is 0.182. The van der Waals surface area contributed by atoms with Crippen LogP contribution in [0, 0.1) is 0 Å². The van der Waals surface area contributed by atoms with E-state index >= 15 is 0 Å². The Balaban J connectivity index is 1.15. The molecule has 0 saturated heterocycles. The third-order valence-electron chi connectivity index (χ3n) is 8.82. The van der Waals surface area contributed by atoms with E-state index in [1.54, 1.807) is 14.2 Å². The first kappa shape index (κ1) is 31.8. The highest BCUT2D eigenvalue weighted by atomic mass is 16.5. The monoisotopic (exact) mass is 618 g/mol. The number of ether oxygens (including phenoxy) is 3. The lowest BCUT2D eigenvalue weighted by atomic mass is 9.96. The van der Waals surface area contributed by atoms with Crippen molar-refractivity contribution in [2.24, 2.45) is 0 Å². The molecule has 0 aliphatic heterocycles. The summed E-state index contributed by atoms with van der Waals surface area (Å²) in [5.41, 5.74) is 9.81. The molecule has 3 nitrogen and oxygen atoms in total. The largest absolute Gasteiger partial charge is 0.497 e. The van der Waals surface area contributed by atoms with Crippen LogP contribution in [0.3, 0.4) is 0 Å². The molecular weight excluding hydrogens is 576 g/mol. The van der Waals surface area contributed by atoms with Gasteiger partial charge < -0.3 is 14.2 Å². The van der Waals surface area contributed by atoms with Crippen LogP contribution in [0.1, 0.15) is 47.3 Å². The maximum absolute atomic E-state index is 7.07. The summed E-state index contributed by atoms with van der Waals surface area (Å²) in [6.45, 7) is 0. The van der Waals surface area contributed by atoms with Crippen LogP contribution in [0.15, 0.2) is 158 Å². The number of hydrogen-bond acceptors (Lipinski definition) is 3. The van der Waals surface area contributed by atoms with Gasteiger partial charge in [0, 0.05) is 0 Å². The van der Waals surface area contributed by atoms with Crippen LogP contribution in [-0.2, 0) is 17.6 Å². The summed E-state index contributed by atoms with van der Waals surface area (Å²) in [6, 6.07) is 55.6. The fourth-order valence-corrected chi connectivity index (χ4v) is 6.05. The third-order valence-corrected chi connectivity index (χ3v) is 8.82. The third kappa shape index (κ3) is 8.58. The van der Waals surface area contributed by atoms with Gasteiger partial charge in [0.1, 0.15) is 11.5 Å². The van der Waals surface area contributed by atoms with Crippen molar-refractivity contribution in [2.75, 3.05) is 14.2 Å². The summed E-state index contributed by atoms with van der Waals surface area (Å²) >= 11 is 0. The predicted molar refractivity (Wildman–Crippen MR) is 193 cm³/mol. The van der Waals surface area contributed by atoms with E-state index in [2.05, 4.69) is 133 Å². The van der Waals surface area contributed by atoms with Gasteiger partial charge in [-0.25, -0.2) is 0 Å². The van der Waals surface area contributed by atoms with Crippen LogP contribution >= 0.6 is 0 Å². The van der Waals surface area contributed by atoms with E-state index < -0.39 is 0 Å². The molecule has 2 atom stereocenters. The summed E-state index contributed by atoms with van der Waals surface area (Å²) in [7, 11) is 3.39. The second-order valence-corrected chi connectivity index (χ2v) is 11.9. The molecule has 47 heavy (non-hydrogen) atoms. The van der Waals surface area contributed by atoms with Gasteiger partial charge in [-0.15, -0.1) is 0 Å². The summed E-state index contributed by atoms with van der Waals surface area (Å²) in [6.07, 6.45) is 3.59. The van der Waals surface area contributed by atoms with Gasteiger partial charge in [-0.05, 0) is 94.5 Å². The lowest BCUT2D eigenvalue weighted by Gasteiger charge is -2.26. The highest BCUT2D eigenvalue weighted by Gasteiger charge is 2.20. The second-order valence-electron chi connectivity index (χ2n) is 11.9. The van der Waals surface area contributed by atoms with Gasteiger partial charge in [-0.2, -0.15) is 0 Å². The molecule has 0 radical (unpaired) electrons. The van der Waals surface area contributed by atoms with Gasteiger partial charge in [-0.1, -0.05) is 133 Å². The molecular formula is C44H42O3. The normalized spacial score (nSPS) is 12.3. The minimum absolute atomic E-state index is 0.0277. The van der Waals surface area contributed by atoms with Gasteiger partial charge in [0.2, 0.25) is 0 Å². The van der Waals surface area contributed by atoms with E-state index in [-0.39, 0.29) is 12.2 Å². The summed E-state index contributed by atoms with van der Waals surface area (Å²) < 4.78 is 17.7. The van der Waals surface area contributed by atoms with Crippen LogP contribution in [0.4, 0.5) is 0 Å². The topological polar surface area (TPSA) is 27.7 Å². The molecule has 0 fully saturated rings. The highest BCUT2D eigenvalue weighted by molar-refractivity contribution is 5.65. The molecule has 0 N–H and O–H groups in total. The molecule has 0 spiro atoms. The summed E-state index contributed by atoms with van der Waals surface area (Å²) in [5, 5.41) is 0. The van der Waals surface area contributed by atoms with Crippen LogP contribution in [-0.4, -0.2) is 14.2 Å². The van der Waals surface area contributed by atoms with Gasteiger partial charge >= 0.3 is 0 Å². The SMILES string of the molecule is COc1ccc(-c2ccc(CCC(OC(CCc3ccc(-c4ccc(OC)cc4)cc3)c3ccccc3)c3ccccc3)cc2)cc1. The van der Waals surface area contributed by atoms with Crippen molar-refractivity contribution < 1.29 is 14.2 Å². The minimum Gasteiger partial charge on any atom is -0.497 e. The molecule has 236 valence electrons. The lowest BCUT2D eigenvalue weighted by Crippen LogP contribution is -2.13. The van der Waals surface area contributed by atoms with Gasteiger partial charge in [0.05, 0.1) is 26.4 Å². The lowest BCUT2D eigenvalue weighted by molar-refractivity contribution is -0.0237. The molecule has 0 aliphatic rings. The smallest absolute Gasteiger partial charge is 0.118 e. The Bertz CT molecular complexity index is 1640. The molecule has 0 saturated carbocycles. The van der Waals surface area contributed by atoms with Gasteiger partial charge in [-0.3, -0.25) is 0 Å². The minimum atomic E-state index is -0.0277. The number of rotatable bonds is 14. The average molecular weight is 619 g/mol. The fourth-order valence-electron chi connectivity index (χ4n) is 6.05. The Morgan fingerprint density at radius 3 is 1.02 bits per heavy atom. The van der Waals surface area contributed by atoms with Crippen molar-refractivity contribution in [3.63, 3.8) is 0 Å². The van der Waals surface area contributed by atoms with Crippen molar-refractivity contribution in [2.45, 2.75) is 37.9 Å². The van der Waals surface area contributed by atoms with Crippen molar-refractivity contribution >= 4 is 0 Å². The van der Waals surface area contributed by atoms with Crippen molar-refractivity contribution in [1.29, 1.82) is 0 Å². The zero-order valence-corrected chi connectivity index (χ0v) is 27.2. The number of aryl methyl sites for hydroxylation is 2. The molecule has 0 heterocycles. The molecule has 6 aromatic rings. The Morgan fingerprint density at radius 2 is 0.702 bits per heavy atom. The molecule has 2 unspecified atom stereocenters. The first-order chi connectivity index (χ1) is 23.2. The molecule has 0 bridgehead atoms. The first-order valence-electron chi connectivity index (χ1n) is 16.4. The Hall–Kier alpha value is -5.12. The quantitative estimate of drug-likeness (QED) is 0.122. The number of hydrogen-bond donors (Lipinski definition) is 0. The first-order valence-corrected chi connectivity index (χ1v) is 16.4. The molecule has 6 rings (SSSR count). The molecule has 0 aliphatic carbocycles. The zero-order valence-electron chi connectivity index (χ0n) is 27.2. The van der Waals surface area contributed by atoms with Crippen molar-refractivity contribution in [1.82, 2.24) is 0 Å². The average Bonchev–Trinajstić information content (AvgIpc) is 3.16. The Kier molecular flexibility index (Phi) is 10.8. The van der Waals surface area contributed by atoms with E-state index in [1.807, 2.05) is 24.3 Å². The zero-order chi connectivity index (χ0) is 32.3. The van der Waals surface area contributed by atoms with E-state index in [4.69, 9.17) is 14.2 Å². The highest BCUT2D eigenvalue weighted by Crippen LogP contribution is 2.34. The van der Waals surface area contributed by atoms with E-state index in [1.165, 1.54) is 44.5 Å². The molecule has 6 aromatic carbocycles. The van der Waals surface area contributed by atoms with Gasteiger partial charge in [0.25, 0.3) is 0 Å². The van der Waals surface area contributed by atoms with E-state index in [9.17, 15) is 0 Å². The molecule has 3 heteroatoms. The van der Waals surface area contributed by atoms with Crippen LogP contribution in [0.25, 0.3) is 22.3 Å². The van der Waals surface area contributed by atoms with Crippen LogP contribution in [0.2, 0.25) is 0 Å². The molecule has 0 amide bonds. The van der Waals surface area contributed by atoms with Crippen LogP contribution in [0.5, 0.6) is 11.5 Å². The maximum Gasteiger partial charge on any atom is 0.118 e. The van der Waals surface area contributed by atoms with Crippen molar-refractivity contribution in [3.8, 4) is 33.8 Å². The van der Waals surface area contributed by atoms with E-state index in [0.717, 1.165) is 37.2 Å². The standard InChI is InChI=1S/C44H42O3/c1-45-41-27-23-37(24-28-41)35-19-13-33(14-20-35)17-31-43(39-9-5-3-6-10-39)47-44(40-11-7-4-8-12-40)32-18-34-15-21-36(22-16-34)38-25-29-42(46-2)30-26-38/h3-16,19-30,43-44H,17-18,31-32H2,1-2H3. The summed E-state index contributed by atoms with van der Waals surface area (Å²) in [4.78, 5) is 0. The Labute approximate surface area is 279 Å². The maximum atomic E-state index is 7.07. The van der Waals surface area contributed by atoms with Gasteiger partial charge in [0.15, 0.2) is 0 Å². The van der Waals surface area contributed by atoms with Crippen molar-refractivity contribution in [3.05, 3.63) is 180 Å². The second kappa shape index (κ2) is 15.9. The number of methoxy groups -OCH3 is 2. The molecule has 0 aromatic heterocycles. The Morgan fingerprint density at radius 1 is 0.383 bits per heavy atom.